The molecule has 0 rings (SSSR count). The van der Waals surface area contributed by atoms with Crippen LogP contribution in [0.15, 0.2) is 0 Å². The van der Waals surface area contributed by atoms with Gasteiger partial charge in [-0.25, -0.2) is 0 Å². The lowest BCUT2D eigenvalue weighted by molar-refractivity contribution is -0.928. The fourth-order valence-electron chi connectivity index (χ4n) is 2.77. The predicted octanol–water partition coefficient (Wildman–Crippen LogP) is 0.305. The second-order valence-corrected chi connectivity index (χ2v) is 6.19. The molecule has 0 aromatic rings. The largest absolute Gasteiger partial charge is 0.550 e. The first-order valence-electron chi connectivity index (χ1n) is 8.94. The van der Waals surface area contributed by atoms with Crippen molar-refractivity contribution in [2.24, 2.45) is 0 Å². The van der Waals surface area contributed by atoms with E-state index in [1.807, 2.05) is 0 Å². The number of aliphatic hydroxyl groups is 2. The average Bonchev–Trinajstić information content (AvgIpc) is 2.52. The highest BCUT2D eigenvalue weighted by Crippen LogP contribution is 2.09. The molecule has 0 aliphatic heterocycles. The lowest BCUT2D eigenvalue weighted by atomic mass is 10.1. The molecule has 6 heteroatoms. The van der Waals surface area contributed by atoms with E-state index in [0.29, 0.717) is 43.9 Å². The Kier molecular flexibility index (Phi) is 14.4. The van der Waals surface area contributed by atoms with Crippen molar-refractivity contribution in [3.63, 3.8) is 0 Å². The van der Waals surface area contributed by atoms with Crippen molar-refractivity contribution in [2.45, 2.75) is 51.9 Å². The van der Waals surface area contributed by atoms with Gasteiger partial charge in [0.2, 0.25) is 0 Å². The van der Waals surface area contributed by atoms with Crippen molar-refractivity contribution in [2.75, 3.05) is 52.6 Å². The number of hydrogen-bond acceptors (Lipinski definition) is 5. The van der Waals surface area contributed by atoms with E-state index in [9.17, 15) is 20.1 Å². The molecule has 23 heavy (non-hydrogen) atoms. The van der Waals surface area contributed by atoms with Crippen molar-refractivity contribution in [1.29, 1.82) is 0 Å². The number of carboxylic acid groups (broad SMARTS) is 1. The van der Waals surface area contributed by atoms with E-state index in [1.165, 1.54) is 32.1 Å². The van der Waals surface area contributed by atoms with Gasteiger partial charge in [0.05, 0.1) is 26.4 Å². The SMILES string of the molecule is CCCCCCCCOCC[N+](CCO)(CCO)CCC(=O)[O-]. The fourth-order valence-corrected chi connectivity index (χ4v) is 2.77. The number of carboxylic acids is 1. The first-order chi connectivity index (χ1) is 11.1. The molecule has 0 saturated heterocycles. The summed E-state index contributed by atoms with van der Waals surface area (Å²) >= 11 is 0. The number of nitrogens with zero attached hydrogens (tertiary/aromatic N) is 1. The van der Waals surface area contributed by atoms with E-state index in [2.05, 4.69) is 6.92 Å². The third kappa shape index (κ3) is 12.4. The quantitative estimate of drug-likeness (QED) is 0.295. The Morgan fingerprint density at radius 1 is 0.913 bits per heavy atom. The predicted molar refractivity (Wildman–Crippen MR) is 87.7 cm³/mol. The van der Waals surface area contributed by atoms with Crippen LogP contribution in [0, 0.1) is 0 Å². The normalized spacial score (nSPS) is 11.8. The average molecular weight is 333 g/mol. The van der Waals surface area contributed by atoms with Crippen molar-refractivity contribution >= 4 is 5.97 Å². The molecule has 0 aromatic heterocycles. The van der Waals surface area contributed by atoms with Crippen molar-refractivity contribution in [3.8, 4) is 0 Å². The van der Waals surface area contributed by atoms with Crippen LogP contribution < -0.4 is 5.11 Å². The molecule has 0 fully saturated rings. The summed E-state index contributed by atoms with van der Waals surface area (Å²) in [7, 11) is 0. The maximum atomic E-state index is 10.7. The second-order valence-electron chi connectivity index (χ2n) is 6.19. The van der Waals surface area contributed by atoms with E-state index in [-0.39, 0.29) is 19.6 Å². The van der Waals surface area contributed by atoms with Crippen LogP contribution in [0.4, 0.5) is 0 Å². The fraction of sp³-hybridized carbons (Fsp3) is 0.941. The van der Waals surface area contributed by atoms with E-state index in [4.69, 9.17) is 4.74 Å². The topological polar surface area (TPSA) is 89.8 Å². The van der Waals surface area contributed by atoms with Gasteiger partial charge in [0.15, 0.2) is 0 Å². The molecule has 138 valence electrons. The number of aliphatic carboxylic acids is 1. The number of carbonyl (C=O) groups excluding carboxylic acids is 1. The van der Waals surface area contributed by atoms with Gasteiger partial charge in [-0.2, -0.15) is 0 Å². The van der Waals surface area contributed by atoms with E-state index in [0.717, 1.165) is 6.42 Å². The number of aliphatic hydroxyl groups excluding tert-OH is 2. The minimum Gasteiger partial charge on any atom is -0.550 e. The van der Waals surface area contributed by atoms with E-state index < -0.39 is 5.97 Å². The molecule has 0 unspecified atom stereocenters. The summed E-state index contributed by atoms with van der Waals surface area (Å²) in [6, 6.07) is 0. The number of quaternary nitrogens is 1. The van der Waals surface area contributed by atoms with Crippen molar-refractivity contribution in [1.82, 2.24) is 0 Å². The highest BCUT2D eigenvalue weighted by Gasteiger charge is 2.25. The summed E-state index contributed by atoms with van der Waals surface area (Å²) in [5, 5.41) is 29.2. The van der Waals surface area contributed by atoms with Crippen molar-refractivity contribution in [3.05, 3.63) is 0 Å². The zero-order valence-corrected chi connectivity index (χ0v) is 14.7. The summed E-state index contributed by atoms with van der Waals surface area (Å²) in [4.78, 5) is 10.7. The van der Waals surface area contributed by atoms with Gasteiger partial charge < -0.3 is 29.3 Å². The monoisotopic (exact) mass is 333 g/mol. The zero-order chi connectivity index (χ0) is 17.4. The van der Waals surface area contributed by atoms with Crippen LogP contribution in [0.25, 0.3) is 0 Å². The maximum Gasteiger partial charge on any atom is 0.103 e. The van der Waals surface area contributed by atoms with Gasteiger partial charge >= 0.3 is 0 Å². The van der Waals surface area contributed by atoms with Gasteiger partial charge in [0.1, 0.15) is 19.6 Å². The number of ether oxygens (including phenoxy) is 1. The lowest BCUT2D eigenvalue weighted by Crippen LogP contribution is -2.55. The van der Waals surface area contributed by atoms with Gasteiger partial charge in [0.25, 0.3) is 0 Å². The third-order valence-corrected chi connectivity index (χ3v) is 4.29. The minimum absolute atomic E-state index is 0.0372. The molecule has 0 bridgehead atoms. The molecule has 0 radical (unpaired) electrons. The van der Waals surface area contributed by atoms with Crippen LogP contribution >= 0.6 is 0 Å². The zero-order valence-electron chi connectivity index (χ0n) is 14.7. The van der Waals surface area contributed by atoms with Crippen LogP contribution in [0.3, 0.4) is 0 Å². The minimum atomic E-state index is -1.10. The van der Waals surface area contributed by atoms with Crippen LogP contribution in [-0.4, -0.2) is 73.3 Å². The van der Waals surface area contributed by atoms with Gasteiger partial charge in [-0.1, -0.05) is 39.0 Å². The van der Waals surface area contributed by atoms with Gasteiger partial charge in [-0.15, -0.1) is 0 Å². The molecule has 0 amide bonds. The highest BCUT2D eigenvalue weighted by molar-refractivity contribution is 5.64. The molecule has 2 N–H and O–H groups in total. The molecule has 0 atom stereocenters. The summed E-state index contributed by atoms with van der Waals surface area (Å²) < 4.78 is 6.01. The van der Waals surface area contributed by atoms with Crippen LogP contribution in [-0.2, 0) is 9.53 Å². The molecule has 6 nitrogen and oxygen atoms in total. The number of hydrogen-bond donors (Lipinski definition) is 2. The van der Waals surface area contributed by atoms with Crippen molar-refractivity contribution < 1.29 is 29.3 Å². The van der Waals surface area contributed by atoms with Crippen LogP contribution in [0.5, 0.6) is 0 Å². The Morgan fingerprint density at radius 2 is 1.52 bits per heavy atom. The molecule has 0 saturated carbocycles. The first-order valence-corrected chi connectivity index (χ1v) is 8.94. The molecule has 0 aromatic carbocycles. The van der Waals surface area contributed by atoms with Crippen LogP contribution in [0.1, 0.15) is 51.9 Å². The molecule has 0 heterocycles. The highest BCUT2D eigenvalue weighted by atomic mass is 16.5. The first kappa shape index (κ1) is 22.3. The Bertz CT molecular complexity index is 280. The number of unbranched alkanes of at least 4 members (excludes halogenated alkanes) is 5. The Morgan fingerprint density at radius 3 is 2.09 bits per heavy atom. The Labute approximate surface area is 140 Å². The summed E-state index contributed by atoms with van der Waals surface area (Å²) in [6.45, 7) is 5.16. The Hall–Kier alpha value is -0.690. The van der Waals surface area contributed by atoms with E-state index >= 15 is 0 Å². The molecule has 0 aliphatic carbocycles. The molecular weight excluding hydrogens is 298 g/mol. The second kappa shape index (κ2) is 14.9. The summed E-state index contributed by atoms with van der Waals surface area (Å²) in [5.41, 5.74) is 0. The number of carbonyl (C=O) groups is 1. The van der Waals surface area contributed by atoms with E-state index in [1.54, 1.807) is 0 Å². The standard InChI is InChI=1S/C17H35NO5/c1-2-3-4-5-6-7-15-23-16-12-18(10-13-19,11-14-20)9-8-17(21)22/h19-20H,2-16H2,1H3. The molecule has 0 aliphatic rings. The smallest absolute Gasteiger partial charge is 0.103 e. The third-order valence-electron chi connectivity index (χ3n) is 4.29. The summed E-state index contributed by atoms with van der Waals surface area (Å²) in [5.74, 6) is -1.10. The lowest BCUT2D eigenvalue weighted by Gasteiger charge is -2.38. The maximum absolute atomic E-state index is 10.7. The Balaban J connectivity index is 4.00. The molecule has 0 spiro atoms. The van der Waals surface area contributed by atoms with Gasteiger partial charge in [-0.3, -0.25) is 0 Å². The van der Waals surface area contributed by atoms with Gasteiger partial charge in [0, 0.05) is 19.0 Å². The summed E-state index contributed by atoms with van der Waals surface area (Å²) in [6.07, 6.45) is 7.22. The molecular formula is C17H35NO5. The van der Waals surface area contributed by atoms with Gasteiger partial charge in [-0.05, 0) is 6.42 Å². The van der Waals surface area contributed by atoms with Crippen LogP contribution in [0.2, 0.25) is 0 Å². The number of rotatable bonds is 17.